The third-order valence-corrected chi connectivity index (χ3v) is 12.8. The van der Waals surface area contributed by atoms with Crippen LogP contribution in [0.4, 0.5) is 0 Å². The SMILES string of the molecule is Brc1csc2sc3scc(-c4csc5sc6scc(Br)c6c45)c3c12. The Labute approximate surface area is 177 Å². The normalized spacial score (nSPS) is 12.6. The Morgan fingerprint density at radius 3 is 1.33 bits per heavy atom. The summed E-state index contributed by atoms with van der Waals surface area (Å²) in [5, 5.41) is 14.8. The molecule has 0 nitrogen and oxygen atoms in total. The van der Waals surface area contributed by atoms with Crippen LogP contribution >= 0.6 is 99.9 Å². The zero-order chi connectivity index (χ0) is 16.0. The molecule has 118 valence electrons. The first-order valence-electron chi connectivity index (χ1n) is 6.86. The average Bonchev–Trinajstić information content (AvgIpc) is 3.30. The molecule has 6 heterocycles. The summed E-state index contributed by atoms with van der Waals surface area (Å²) in [6.45, 7) is 0. The highest BCUT2D eigenvalue weighted by atomic mass is 79.9. The first-order valence-corrected chi connectivity index (χ1v) is 13.6. The van der Waals surface area contributed by atoms with Crippen LogP contribution in [-0.4, -0.2) is 0 Å². The lowest BCUT2D eigenvalue weighted by Gasteiger charge is -1.97. The second-order valence-corrected chi connectivity index (χ2v) is 13.6. The van der Waals surface area contributed by atoms with Gasteiger partial charge in [-0.3, -0.25) is 0 Å². The highest BCUT2D eigenvalue weighted by Crippen LogP contribution is 2.53. The molecule has 0 aliphatic carbocycles. The van der Waals surface area contributed by atoms with Crippen molar-refractivity contribution in [2.75, 3.05) is 0 Å². The predicted octanol–water partition coefficient (Wildman–Crippen LogP) is 9.86. The van der Waals surface area contributed by atoms with Gasteiger partial charge < -0.3 is 0 Å². The predicted molar refractivity (Wildman–Crippen MR) is 125 cm³/mol. The minimum atomic E-state index is 1.23. The molecule has 0 N–H and O–H groups in total. The maximum absolute atomic E-state index is 3.76. The van der Waals surface area contributed by atoms with Gasteiger partial charge in [0.2, 0.25) is 0 Å². The van der Waals surface area contributed by atoms with Crippen LogP contribution < -0.4 is 0 Å². The van der Waals surface area contributed by atoms with E-state index in [9.17, 15) is 0 Å². The molecule has 0 fully saturated rings. The molecular weight excluding hydrogens is 544 g/mol. The molecular formula is C16H4Br2S6. The number of halogens is 2. The summed E-state index contributed by atoms with van der Waals surface area (Å²) in [6, 6.07) is 0. The molecule has 6 aromatic heterocycles. The number of hydrogen-bond acceptors (Lipinski definition) is 6. The Balaban J connectivity index is 1.80. The number of rotatable bonds is 1. The molecule has 0 aromatic carbocycles. The maximum Gasteiger partial charge on any atom is 0.0898 e. The lowest BCUT2D eigenvalue weighted by molar-refractivity contribution is 1.95. The first kappa shape index (κ1) is 15.3. The quantitative estimate of drug-likeness (QED) is 0.192. The van der Waals surface area contributed by atoms with Crippen LogP contribution in [0.2, 0.25) is 0 Å². The standard InChI is InChI=1S/C16H4Br2S6/c17-7-3-21-15-11(7)9-5(1-19-13(9)23-15)6-2-20-14-10(6)12-8(18)4-22-16(12)24-14/h1-4H. The van der Waals surface area contributed by atoms with Gasteiger partial charge in [-0.2, -0.15) is 0 Å². The Bertz CT molecular complexity index is 1270. The molecule has 0 aliphatic heterocycles. The van der Waals surface area contributed by atoms with Crippen molar-refractivity contribution in [1.29, 1.82) is 0 Å². The van der Waals surface area contributed by atoms with Gasteiger partial charge >= 0.3 is 0 Å². The third-order valence-electron chi connectivity index (χ3n) is 4.10. The van der Waals surface area contributed by atoms with E-state index >= 15 is 0 Å². The van der Waals surface area contributed by atoms with E-state index in [-0.39, 0.29) is 0 Å². The molecule has 8 heteroatoms. The van der Waals surface area contributed by atoms with Crippen molar-refractivity contribution in [3.63, 3.8) is 0 Å². The van der Waals surface area contributed by atoms with Crippen LogP contribution in [0.1, 0.15) is 0 Å². The van der Waals surface area contributed by atoms with Crippen LogP contribution in [0, 0.1) is 0 Å². The van der Waals surface area contributed by atoms with E-state index in [1.165, 1.54) is 57.7 Å². The van der Waals surface area contributed by atoms with Crippen molar-refractivity contribution in [3.05, 3.63) is 30.5 Å². The molecule has 0 bridgehead atoms. The summed E-state index contributed by atoms with van der Waals surface area (Å²) in [6.07, 6.45) is 0. The van der Waals surface area contributed by atoms with Crippen LogP contribution in [0.5, 0.6) is 0 Å². The van der Waals surface area contributed by atoms with Crippen molar-refractivity contribution in [1.82, 2.24) is 0 Å². The van der Waals surface area contributed by atoms with Gasteiger partial charge in [-0.25, -0.2) is 0 Å². The molecule has 24 heavy (non-hydrogen) atoms. The molecule has 0 radical (unpaired) electrons. The topological polar surface area (TPSA) is 0 Å². The van der Waals surface area contributed by atoms with Gasteiger partial charge in [0.05, 0.1) is 16.1 Å². The molecule has 0 amide bonds. The minimum Gasteiger partial charge on any atom is -0.132 e. The highest BCUT2D eigenvalue weighted by Gasteiger charge is 2.21. The van der Waals surface area contributed by atoms with E-state index in [0.717, 1.165) is 0 Å². The Kier molecular flexibility index (Phi) is 3.41. The van der Waals surface area contributed by atoms with Crippen molar-refractivity contribution in [2.24, 2.45) is 0 Å². The lowest BCUT2D eigenvalue weighted by atomic mass is 10.0. The van der Waals surface area contributed by atoms with Gasteiger partial charge in [-0.05, 0) is 31.9 Å². The van der Waals surface area contributed by atoms with E-state index in [2.05, 4.69) is 53.4 Å². The van der Waals surface area contributed by atoms with Crippen molar-refractivity contribution >= 4 is 137 Å². The van der Waals surface area contributed by atoms with Gasteiger partial charge in [0.25, 0.3) is 0 Å². The molecule has 0 spiro atoms. The Morgan fingerprint density at radius 1 is 0.500 bits per heavy atom. The minimum absolute atomic E-state index is 1.23. The fourth-order valence-electron chi connectivity index (χ4n) is 3.10. The lowest BCUT2D eigenvalue weighted by Crippen LogP contribution is -1.71. The van der Waals surface area contributed by atoms with Crippen LogP contribution in [0.15, 0.2) is 30.5 Å². The van der Waals surface area contributed by atoms with Crippen molar-refractivity contribution in [2.45, 2.75) is 0 Å². The molecule has 6 aromatic rings. The Hall–Kier alpha value is 0.200. The van der Waals surface area contributed by atoms with Crippen LogP contribution in [-0.2, 0) is 0 Å². The molecule has 6 rings (SSSR count). The van der Waals surface area contributed by atoms with Gasteiger partial charge in [0.15, 0.2) is 0 Å². The number of fused-ring (bicyclic) bond motifs is 6. The summed E-state index contributed by atoms with van der Waals surface area (Å²) < 4.78 is 8.16. The second-order valence-electron chi connectivity index (χ2n) is 5.32. The molecule has 0 saturated carbocycles. The van der Waals surface area contributed by atoms with E-state index < -0.39 is 0 Å². The third kappa shape index (κ3) is 1.91. The monoisotopic (exact) mass is 546 g/mol. The van der Waals surface area contributed by atoms with Gasteiger partial charge in [-0.15, -0.1) is 68.0 Å². The van der Waals surface area contributed by atoms with Crippen molar-refractivity contribution < 1.29 is 0 Å². The van der Waals surface area contributed by atoms with Gasteiger partial charge in [0.1, 0.15) is 0 Å². The summed E-state index contributed by atoms with van der Waals surface area (Å²) in [7, 11) is 0. The van der Waals surface area contributed by atoms with E-state index in [0.29, 0.717) is 0 Å². The summed E-state index contributed by atoms with van der Waals surface area (Å²) >= 11 is 18.8. The van der Waals surface area contributed by atoms with Gasteiger partial charge in [-0.1, -0.05) is 0 Å². The fraction of sp³-hybridized carbons (Fsp3) is 0. The zero-order valence-corrected chi connectivity index (χ0v) is 19.6. The fourth-order valence-corrected chi connectivity index (χ4v) is 12.2. The maximum atomic E-state index is 3.76. The molecule has 0 unspecified atom stereocenters. The van der Waals surface area contributed by atoms with E-state index in [1.807, 2.05) is 68.0 Å². The first-order chi connectivity index (χ1) is 11.7. The van der Waals surface area contributed by atoms with Gasteiger partial charge in [0, 0.05) is 63.1 Å². The molecule has 0 atom stereocenters. The molecule has 0 aliphatic rings. The summed E-state index contributed by atoms with van der Waals surface area (Å²) in [4.78, 5) is 0. The van der Waals surface area contributed by atoms with Crippen LogP contribution in [0.3, 0.4) is 0 Å². The van der Waals surface area contributed by atoms with E-state index in [4.69, 9.17) is 0 Å². The number of thiophene rings is 6. The van der Waals surface area contributed by atoms with E-state index in [1.54, 1.807) is 0 Å². The zero-order valence-electron chi connectivity index (χ0n) is 11.5. The Morgan fingerprint density at radius 2 is 0.875 bits per heavy atom. The average molecular weight is 548 g/mol. The second kappa shape index (κ2) is 5.36. The van der Waals surface area contributed by atoms with Crippen LogP contribution in [0.25, 0.3) is 48.7 Å². The highest BCUT2D eigenvalue weighted by molar-refractivity contribution is 9.11. The summed E-state index contributed by atoms with van der Waals surface area (Å²) in [5.41, 5.74) is 2.79. The largest absolute Gasteiger partial charge is 0.132 e. The smallest absolute Gasteiger partial charge is 0.0898 e. The van der Waals surface area contributed by atoms with Crippen molar-refractivity contribution in [3.8, 4) is 11.1 Å². The molecule has 0 saturated heterocycles. The summed E-state index contributed by atoms with van der Waals surface area (Å²) in [5.74, 6) is 0. The number of hydrogen-bond donors (Lipinski definition) is 0.